The van der Waals surface area contributed by atoms with Crippen LogP contribution in [0.5, 0.6) is 5.75 Å². The highest BCUT2D eigenvalue weighted by Crippen LogP contribution is 2.38. The first-order valence-electron chi connectivity index (χ1n) is 11.0. The quantitative estimate of drug-likeness (QED) is 0.470. The van der Waals surface area contributed by atoms with Crippen molar-refractivity contribution in [1.29, 1.82) is 0 Å². The van der Waals surface area contributed by atoms with Gasteiger partial charge >= 0.3 is 0 Å². The van der Waals surface area contributed by atoms with Crippen molar-refractivity contribution in [3.8, 4) is 16.9 Å². The van der Waals surface area contributed by atoms with Gasteiger partial charge in [0.15, 0.2) is 0 Å². The van der Waals surface area contributed by atoms with E-state index in [9.17, 15) is 0 Å². The fraction of sp³-hybridized carbons (Fsp3) is 0.538. The van der Waals surface area contributed by atoms with Gasteiger partial charge in [-0.1, -0.05) is 69.5 Å². The normalized spacial score (nSPS) is 22.6. The summed E-state index contributed by atoms with van der Waals surface area (Å²) in [7, 11) is 0. The molecule has 0 aliphatic heterocycles. The number of aryl methyl sites for hydroxylation is 1. The number of ether oxygens (including phenoxy) is 1. The Morgan fingerprint density at radius 1 is 0.852 bits per heavy atom. The van der Waals surface area contributed by atoms with Crippen LogP contribution in [0.15, 0.2) is 48.5 Å². The van der Waals surface area contributed by atoms with Crippen LogP contribution in [0.1, 0.15) is 64.9 Å². The van der Waals surface area contributed by atoms with Crippen LogP contribution in [0, 0.1) is 17.8 Å². The molecule has 0 saturated heterocycles. The van der Waals surface area contributed by atoms with Crippen molar-refractivity contribution in [2.24, 2.45) is 17.8 Å². The molecule has 2 aromatic rings. The van der Waals surface area contributed by atoms with E-state index in [1.807, 2.05) is 6.92 Å². The van der Waals surface area contributed by atoms with Gasteiger partial charge < -0.3 is 4.74 Å². The highest BCUT2D eigenvalue weighted by molar-refractivity contribution is 5.64. The third-order valence-electron chi connectivity index (χ3n) is 6.41. The zero-order valence-electron chi connectivity index (χ0n) is 17.4. The predicted molar refractivity (Wildman–Crippen MR) is 116 cm³/mol. The molecule has 3 unspecified atom stereocenters. The van der Waals surface area contributed by atoms with E-state index >= 15 is 0 Å². The van der Waals surface area contributed by atoms with Crippen molar-refractivity contribution in [3.05, 3.63) is 54.1 Å². The van der Waals surface area contributed by atoms with Gasteiger partial charge in [-0.05, 0) is 79.2 Å². The maximum absolute atomic E-state index is 5.53. The summed E-state index contributed by atoms with van der Waals surface area (Å²) in [6.45, 7) is 7.55. The van der Waals surface area contributed by atoms with E-state index in [1.165, 1.54) is 61.6 Å². The first-order valence-corrected chi connectivity index (χ1v) is 11.0. The van der Waals surface area contributed by atoms with Gasteiger partial charge in [0.25, 0.3) is 0 Å². The third kappa shape index (κ3) is 5.61. The zero-order valence-corrected chi connectivity index (χ0v) is 17.4. The van der Waals surface area contributed by atoms with Crippen LogP contribution in [0.2, 0.25) is 0 Å². The van der Waals surface area contributed by atoms with Crippen LogP contribution in [0.25, 0.3) is 11.1 Å². The Morgan fingerprint density at radius 2 is 1.52 bits per heavy atom. The Balaban J connectivity index is 1.52. The second-order valence-electron chi connectivity index (χ2n) is 8.40. The predicted octanol–water partition coefficient (Wildman–Crippen LogP) is 7.54. The van der Waals surface area contributed by atoms with Gasteiger partial charge in [-0.3, -0.25) is 0 Å². The Kier molecular flexibility index (Phi) is 7.38. The lowest BCUT2D eigenvalue weighted by Crippen LogP contribution is -2.23. The van der Waals surface area contributed by atoms with Gasteiger partial charge in [0.05, 0.1) is 6.61 Å². The fourth-order valence-electron chi connectivity index (χ4n) is 4.80. The molecule has 0 spiro atoms. The summed E-state index contributed by atoms with van der Waals surface area (Å²) >= 11 is 0. The van der Waals surface area contributed by atoms with Crippen LogP contribution in [0.3, 0.4) is 0 Å². The molecular weight excluding hydrogens is 328 g/mol. The Bertz CT molecular complexity index is 670. The molecule has 1 nitrogen and oxygen atoms in total. The van der Waals surface area contributed by atoms with Crippen molar-refractivity contribution in [2.45, 2.75) is 65.7 Å². The van der Waals surface area contributed by atoms with Crippen molar-refractivity contribution in [1.82, 2.24) is 0 Å². The Labute approximate surface area is 166 Å². The lowest BCUT2D eigenvalue weighted by Gasteiger charge is -2.34. The van der Waals surface area contributed by atoms with E-state index < -0.39 is 0 Å². The summed E-state index contributed by atoms with van der Waals surface area (Å²) in [4.78, 5) is 0. The van der Waals surface area contributed by atoms with Gasteiger partial charge in [0.2, 0.25) is 0 Å². The van der Waals surface area contributed by atoms with Gasteiger partial charge in [-0.25, -0.2) is 0 Å². The minimum atomic E-state index is 0.715. The van der Waals surface area contributed by atoms with E-state index in [1.54, 1.807) is 0 Å². The van der Waals surface area contributed by atoms with E-state index in [2.05, 4.69) is 62.4 Å². The van der Waals surface area contributed by atoms with Gasteiger partial charge in [-0.15, -0.1) is 0 Å². The summed E-state index contributed by atoms with van der Waals surface area (Å²) < 4.78 is 5.53. The van der Waals surface area contributed by atoms with Crippen LogP contribution in [0.4, 0.5) is 0 Å². The summed E-state index contributed by atoms with van der Waals surface area (Å²) in [5.41, 5.74) is 4.02. The molecule has 2 aromatic carbocycles. The average Bonchev–Trinajstić information content (AvgIpc) is 2.69. The Morgan fingerprint density at radius 3 is 2.11 bits per heavy atom. The summed E-state index contributed by atoms with van der Waals surface area (Å²) in [6.07, 6.45) is 9.71. The Hall–Kier alpha value is -1.76. The van der Waals surface area contributed by atoms with E-state index in [0.29, 0.717) is 6.61 Å². The summed E-state index contributed by atoms with van der Waals surface area (Å²) in [6, 6.07) is 17.6. The van der Waals surface area contributed by atoms with Crippen LogP contribution in [-0.2, 0) is 6.42 Å². The second-order valence-corrected chi connectivity index (χ2v) is 8.40. The maximum Gasteiger partial charge on any atom is 0.119 e. The molecule has 146 valence electrons. The molecule has 0 heterocycles. The lowest BCUT2D eigenvalue weighted by molar-refractivity contribution is 0.177. The molecule has 0 aromatic heterocycles. The second kappa shape index (κ2) is 9.97. The molecule has 3 rings (SSSR count). The monoisotopic (exact) mass is 364 g/mol. The number of hydrogen-bond donors (Lipinski definition) is 0. The molecule has 0 bridgehead atoms. The smallest absolute Gasteiger partial charge is 0.119 e. The van der Waals surface area contributed by atoms with Crippen LogP contribution >= 0.6 is 0 Å². The number of rotatable bonds is 8. The van der Waals surface area contributed by atoms with E-state index in [-0.39, 0.29) is 0 Å². The van der Waals surface area contributed by atoms with Gasteiger partial charge in [0, 0.05) is 0 Å². The number of hydrogen-bond acceptors (Lipinski definition) is 1. The average molecular weight is 365 g/mol. The highest BCUT2D eigenvalue weighted by atomic mass is 16.5. The molecule has 3 atom stereocenters. The maximum atomic E-state index is 5.53. The molecule has 27 heavy (non-hydrogen) atoms. The molecule has 1 fully saturated rings. The lowest BCUT2D eigenvalue weighted by atomic mass is 9.72. The standard InChI is InChI=1S/C26H36O/c1-4-6-22-10-12-23(20(3)19-22)11-7-21-8-13-24(14-9-21)25-15-17-26(18-16-25)27-5-2/h8-9,13-18,20,22-23H,4-7,10-12,19H2,1-3H3. The molecule has 0 radical (unpaired) electrons. The van der Waals surface area contributed by atoms with Crippen molar-refractivity contribution < 1.29 is 4.74 Å². The highest BCUT2D eigenvalue weighted by Gasteiger charge is 2.26. The van der Waals surface area contributed by atoms with Crippen molar-refractivity contribution in [3.63, 3.8) is 0 Å². The first-order chi connectivity index (χ1) is 13.2. The fourth-order valence-corrected chi connectivity index (χ4v) is 4.80. The molecular formula is C26H36O. The topological polar surface area (TPSA) is 9.23 Å². The van der Waals surface area contributed by atoms with E-state index in [4.69, 9.17) is 4.74 Å². The van der Waals surface area contributed by atoms with Crippen molar-refractivity contribution >= 4 is 0 Å². The molecule has 1 aliphatic rings. The summed E-state index contributed by atoms with van der Waals surface area (Å²) in [5, 5.41) is 0. The number of benzene rings is 2. The minimum Gasteiger partial charge on any atom is -0.494 e. The van der Waals surface area contributed by atoms with E-state index in [0.717, 1.165) is 23.5 Å². The zero-order chi connectivity index (χ0) is 19.1. The summed E-state index contributed by atoms with van der Waals surface area (Å²) in [5.74, 6) is 3.76. The van der Waals surface area contributed by atoms with Gasteiger partial charge in [0.1, 0.15) is 5.75 Å². The molecule has 0 N–H and O–H groups in total. The van der Waals surface area contributed by atoms with Crippen LogP contribution in [-0.4, -0.2) is 6.61 Å². The first kappa shape index (κ1) is 20.0. The largest absolute Gasteiger partial charge is 0.494 e. The molecule has 1 heteroatoms. The molecule has 1 saturated carbocycles. The minimum absolute atomic E-state index is 0.715. The third-order valence-corrected chi connectivity index (χ3v) is 6.41. The molecule has 0 amide bonds. The van der Waals surface area contributed by atoms with Crippen LogP contribution < -0.4 is 4.74 Å². The SMILES string of the molecule is CCCC1CCC(CCc2ccc(-c3ccc(OCC)cc3)cc2)C(C)C1. The van der Waals surface area contributed by atoms with Gasteiger partial charge in [-0.2, -0.15) is 0 Å². The van der Waals surface area contributed by atoms with Crippen molar-refractivity contribution in [2.75, 3.05) is 6.61 Å². The molecule has 1 aliphatic carbocycles.